The van der Waals surface area contributed by atoms with Crippen LogP contribution in [0.5, 0.6) is 0 Å². The van der Waals surface area contributed by atoms with Crippen LogP contribution in [0.2, 0.25) is 0 Å². The van der Waals surface area contributed by atoms with Crippen molar-refractivity contribution in [2.45, 2.75) is 19.4 Å². The van der Waals surface area contributed by atoms with Gasteiger partial charge in [-0.2, -0.15) is 0 Å². The predicted octanol–water partition coefficient (Wildman–Crippen LogP) is 2.87. The van der Waals surface area contributed by atoms with Gasteiger partial charge in [0.25, 0.3) is 0 Å². The van der Waals surface area contributed by atoms with E-state index in [-0.39, 0.29) is 0 Å². The second-order valence-electron chi connectivity index (χ2n) is 5.29. The number of nitrogen functional groups attached to an aromatic ring is 1. The van der Waals surface area contributed by atoms with Crippen molar-refractivity contribution in [1.29, 1.82) is 0 Å². The largest absolute Gasteiger partial charge is 0.399 e. The van der Waals surface area contributed by atoms with E-state index in [0.717, 1.165) is 38.2 Å². The quantitative estimate of drug-likeness (QED) is 0.833. The summed E-state index contributed by atoms with van der Waals surface area (Å²) in [4.78, 5) is 2.53. The summed E-state index contributed by atoms with van der Waals surface area (Å²) in [5, 5.41) is 0. The molecule has 0 amide bonds. The van der Waals surface area contributed by atoms with Gasteiger partial charge in [-0.25, -0.2) is 0 Å². The van der Waals surface area contributed by atoms with Crippen molar-refractivity contribution >= 4 is 5.69 Å². The Morgan fingerprint density at radius 1 is 0.842 bits per heavy atom. The van der Waals surface area contributed by atoms with Crippen molar-refractivity contribution in [2.24, 2.45) is 0 Å². The lowest BCUT2D eigenvalue weighted by Crippen LogP contribution is -2.25. The van der Waals surface area contributed by atoms with Gasteiger partial charge in [-0.15, -0.1) is 0 Å². The predicted molar refractivity (Wildman–Crippen MR) is 80.0 cm³/mol. The maximum Gasteiger partial charge on any atom is 0.0314 e. The maximum absolute atomic E-state index is 5.73. The molecular formula is C17H20N2. The van der Waals surface area contributed by atoms with E-state index in [1.54, 1.807) is 0 Å². The third kappa shape index (κ3) is 2.96. The zero-order chi connectivity index (χ0) is 13.1. The highest BCUT2D eigenvalue weighted by Gasteiger charge is 2.13. The average molecular weight is 252 g/mol. The number of nitrogens with zero attached hydrogens (tertiary/aromatic N) is 1. The minimum absolute atomic E-state index is 0.840. The second kappa shape index (κ2) is 5.45. The fourth-order valence-electron chi connectivity index (χ4n) is 2.75. The Hall–Kier alpha value is -1.80. The van der Waals surface area contributed by atoms with E-state index >= 15 is 0 Å². The van der Waals surface area contributed by atoms with Crippen LogP contribution in [0.4, 0.5) is 5.69 Å². The van der Waals surface area contributed by atoms with Crippen LogP contribution in [-0.2, 0) is 19.4 Å². The van der Waals surface area contributed by atoms with E-state index < -0.39 is 0 Å². The highest BCUT2D eigenvalue weighted by atomic mass is 15.1. The Bertz CT molecular complexity index is 518. The molecule has 1 heterocycles. The van der Waals surface area contributed by atoms with Crippen molar-refractivity contribution in [3.8, 4) is 0 Å². The molecule has 2 heteroatoms. The molecule has 3 rings (SSSR count). The molecule has 0 saturated heterocycles. The number of anilines is 1. The van der Waals surface area contributed by atoms with Gasteiger partial charge in [-0.05, 0) is 41.7 Å². The third-order valence-corrected chi connectivity index (χ3v) is 3.90. The van der Waals surface area contributed by atoms with Crippen LogP contribution >= 0.6 is 0 Å². The van der Waals surface area contributed by atoms with Gasteiger partial charge in [0, 0.05) is 25.3 Å². The van der Waals surface area contributed by atoms with Gasteiger partial charge < -0.3 is 5.73 Å². The molecule has 2 aromatic rings. The molecule has 1 aliphatic heterocycles. The smallest absolute Gasteiger partial charge is 0.0314 e. The first-order valence-corrected chi connectivity index (χ1v) is 6.95. The summed E-state index contributed by atoms with van der Waals surface area (Å²) in [5.41, 5.74) is 10.9. The van der Waals surface area contributed by atoms with Gasteiger partial charge in [0.05, 0.1) is 0 Å². The molecular weight excluding hydrogens is 232 g/mol. The highest BCUT2D eigenvalue weighted by molar-refractivity contribution is 5.39. The Balaban J connectivity index is 1.67. The Morgan fingerprint density at radius 3 is 2.00 bits per heavy atom. The Kier molecular flexibility index (Phi) is 3.51. The topological polar surface area (TPSA) is 29.3 Å². The van der Waals surface area contributed by atoms with Crippen LogP contribution < -0.4 is 5.73 Å². The standard InChI is InChI=1S/C17H20N2/c18-17-7-5-14(6-8-17)13-19-11-9-15-3-1-2-4-16(15)10-12-19/h1-8H,9-13,18H2. The van der Waals surface area contributed by atoms with Gasteiger partial charge >= 0.3 is 0 Å². The SMILES string of the molecule is Nc1ccc(CN2CCc3ccccc3CC2)cc1. The summed E-state index contributed by atoms with van der Waals surface area (Å²) in [6.45, 7) is 3.30. The summed E-state index contributed by atoms with van der Waals surface area (Å²) >= 11 is 0. The van der Waals surface area contributed by atoms with Gasteiger partial charge in [0.15, 0.2) is 0 Å². The summed E-state index contributed by atoms with van der Waals surface area (Å²) in [5.74, 6) is 0. The van der Waals surface area contributed by atoms with Crippen molar-refractivity contribution in [2.75, 3.05) is 18.8 Å². The van der Waals surface area contributed by atoms with Gasteiger partial charge in [0.1, 0.15) is 0 Å². The van der Waals surface area contributed by atoms with E-state index in [0.29, 0.717) is 0 Å². The first-order chi connectivity index (χ1) is 9.31. The second-order valence-corrected chi connectivity index (χ2v) is 5.29. The number of fused-ring (bicyclic) bond motifs is 1. The number of nitrogens with two attached hydrogens (primary N) is 1. The molecule has 19 heavy (non-hydrogen) atoms. The normalized spacial score (nSPS) is 15.8. The molecule has 0 bridgehead atoms. The number of hydrogen-bond acceptors (Lipinski definition) is 2. The van der Waals surface area contributed by atoms with E-state index in [4.69, 9.17) is 5.73 Å². The highest BCUT2D eigenvalue weighted by Crippen LogP contribution is 2.17. The lowest BCUT2D eigenvalue weighted by Gasteiger charge is -2.19. The van der Waals surface area contributed by atoms with Gasteiger partial charge in [-0.3, -0.25) is 4.90 Å². The number of hydrogen-bond donors (Lipinski definition) is 1. The zero-order valence-corrected chi connectivity index (χ0v) is 11.2. The van der Waals surface area contributed by atoms with Crippen LogP contribution in [-0.4, -0.2) is 18.0 Å². The molecule has 0 aliphatic carbocycles. The van der Waals surface area contributed by atoms with Crippen molar-refractivity contribution in [3.05, 3.63) is 65.2 Å². The van der Waals surface area contributed by atoms with E-state index in [1.807, 2.05) is 12.1 Å². The Morgan fingerprint density at radius 2 is 1.42 bits per heavy atom. The lowest BCUT2D eigenvalue weighted by molar-refractivity contribution is 0.279. The molecule has 0 aromatic heterocycles. The molecule has 0 saturated carbocycles. The van der Waals surface area contributed by atoms with E-state index in [2.05, 4.69) is 41.3 Å². The van der Waals surface area contributed by atoms with Crippen LogP contribution in [0.15, 0.2) is 48.5 Å². The molecule has 2 nitrogen and oxygen atoms in total. The summed E-state index contributed by atoms with van der Waals surface area (Å²) < 4.78 is 0. The first kappa shape index (κ1) is 12.2. The monoisotopic (exact) mass is 252 g/mol. The molecule has 2 N–H and O–H groups in total. The van der Waals surface area contributed by atoms with Crippen LogP contribution in [0.3, 0.4) is 0 Å². The molecule has 0 radical (unpaired) electrons. The average Bonchev–Trinajstić information content (AvgIpc) is 2.64. The minimum Gasteiger partial charge on any atom is -0.399 e. The Labute approximate surface area is 114 Å². The van der Waals surface area contributed by atoms with Crippen molar-refractivity contribution < 1.29 is 0 Å². The summed E-state index contributed by atoms with van der Waals surface area (Å²) in [6, 6.07) is 17.1. The molecule has 98 valence electrons. The molecule has 0 fully saturated rings. The first-order valence-electron chi connectivity index (χ1n) is 6.95. The van der Waals surface area contributed by atoms with Crippen molar-refractivity contribution in [3.63, 3.8) is 0 Å². The van der Waals surface area contributed by atoms with E-state index in [9.17, 15) is 0 Å². The van der Waals surface area contributed by atoms with Crippen LogP contribution in [0.25, 0.3) is 0 Å². The van der Waals surface area contributed by atoms with Crippen LogP contribution in [0, 0.1) is 0 Å². The number of benzene rings is 2. The van der Waals surface area contributed by atoms with E-state index in [1.165, 1.54) is 16.7 Å². The molecule has 0 atom stereocenters. The lowest BCUT2D eigenvalue weighted by atomic mass is 10.0. The molecule has 0 unspecified atom stereocenters. The number of rotatable bonds is 2. The third-order valence-electron chi connectivity index (χ3n) is 3.90. The van der Waals surface area contributed by atoms with Gasteiger partial charge in [-0.1, -0.05) is 36.4 Å². The summed E-state index contributed by atoms with van der Waals surface area (Å²) in [6.07, 6.45) is 2.32. The van der Waals surface area contributed by atoms with Crippen molar-refractivity contribution in [1.82, 2.24) is 4.90 Å². The fourth-order valence-corrected chi connectivity index (χ4v) is 2.75. The minimum atomic E-state index is 0.840. The zero-order valence-electron chi connectivity index (χ0n) is 11.2. The molecule has 1 aliphatic rings. The summed E-state index contributed by atoms with van der Waals surface area (Å²) in [7, 11) is 0. The van der Waals surface area contributed by atoms with Crippen LogP contribution in [0.1, 0.15) is 16.7 Å². The van der Waals surface area contributed by atoms with Gasteiger partial charge in [0.2, 0.25) is 0 Å². The molecule has 2 aromatic carbocycles. The maximum atomic E-state index is 5.73. The molecule has 0 spiro atoms. The fraction of sp³-hybridized carbons (Fsp3) is 0.294.